The molecule has 2 aromatic heterocycles. The zero-order chi connectivity index (χ0) is 21.6. The lowest BCUT2D eigenvalue weighted by molar-refractivity contribution is 0.375. The van der Waals surface area contributed by atoms with Crippen molar-refractivity contribution < 1.29 is 4.52 Å². The molecule has 2 heterocycles. The molecular weight excluding hydrogens is 414 g/mol. The molecule has 0 saturated carbocycles. The molecule has 2 N–H and O–H groups in total. The Balaban J connectivity index is 1.26. The second-order valence-electron chi connectivity index (χ2n) is 7.03. The summed E-state index contributed by atoms with van der Waals surface area (Å²) in [6, 6.07) is 15.5. The summed E-state index contributed by atoms with van der Waals surface area (Å²) in [7, 11) is 1.73. The van der Waals surface area contributed by atoms with Crippen LogP contribution in [0.15, 0.2) is 58.0 Å². The number of benzene rings is 2. The molecule has 2 aromatic carbocycles. The number of aromatic nitrogens is 4. The van der Waals surface area contributed by atoms with Crippen molar-refractivity contribution in [3.8, 4) is 11.4 Å². The number of rotatable bonds is 7. The maximum absolute atomic E-state index is 6.03. The van der Waals surface area contributed by atoms with Crippen molar-refractivity contribution in [3.63, 3.8) is 0 Å². The third-order valence-electron chi connectivity index (χ3n) is 4.88. The number of halogens is 1. The third-order valence-corrected chi connectivity index (χ3v) is 5.11. The summed E-state index contributed by atoms with van der Waals surface area (Å²) in [5.74, 6) is 2.67. The lowest BCUT2D eigenvalue weighted by Gasteiger charge is -2.11. The molecule has 0 aliphatic carbocycles. The average molecular weight is 438 g/mol. The van der Waals surface area contributed by atoms with E-state index in [-0.39, 0.29) is 0 Å². The lowest BCUT2D eigenvalue weighted by atomic mass is 10.2. The molecule has 8 nitrogen and oxygen atoms in total. The minimum absolute atomic E-state index is 0.374. The van der Waals surface area contributed by atoms with Gasteiger partial charge in [0.05, 0.1) is 17.6 Å². The molecule has 0 radical (unpaired) electrons. The predicted octanol–water partition coefficient (Wildman–Crippen LogP) is 3.80. The van der Waals surface area contributed by atoms with Gasteiger partial charge in [0.25, 0.3) is 0 Å². The van der Waals surface area contributed by atoms with Gasteiger partial charge in [-0.15, -0.1) is 0 Å². The summed E-state index contributed by atoms with van der Waals surface area (Å²) in [5, 5.41) is 11.2. The molecule has 0 saturated heterocycles. The largest absolute Gasteiger partial charge is 0.356 e. The molecule has 0 bridgehead atoms. The summed E-state index contributed by atoms with van der Waals surface area (Å²) < 4.78 is 7.56. The summed E-state index contributed by atoms with van der Waals surface area (Å²) in [4.78, 5) is 13.3. The van der Waals surface area contributed by atoms with Crippen molar-refractivity contribution >= 4 is 28.6 Å². The molecule has 4 rings (SSSR count). The molecule has 9 heteroatoms. The van der Waals surface area contributed by atoms with Crippen LogP contribution >= 0.6 is 11.6 Å². The van der Waals surface area contributed by atoms with E-state index in [9.17, 15) is 0 Å². The molecule has 0 amide bonds. The van der Waals surface area contributed by atoms with Gasteiger partial charge in [-0.2, -0.15) is 4.98 Å². The van der Waals surface area contributed by atoms with Crippen LogP contribution in [0.25, 0.3) is 22.4 Å². The highest BCUT2D eigenvalue weighted by Crippen LogP contribution is 2.20. The van der Waals surface area contributed by atoms with E-state index in [2.05, 4.69) is 41.4 Å². The van der Waals surface area contributed by atoms with Crippen molar-refractivity contribution in [2.75, 3.05) is 13.6 Å². The Hall–Kier alpha value is -3.39. The van der Waals surface area contributed by atoms with E-state index in [1.807, 2.05) is 37.3 Å². The maximum Gasteiger partial charge on any atom is 0.246 e. The topological polar surface area (TPSA) is 93.2 Å². The molecular formula is C22H24ClN7O. The number of aryl methyl sites for hydroxylation is 2. The first-order valence-electron chi connectivity index (χ1n) is 10.1. The van der Waals surface area contributed by atoms with Crippen molar-refractivity contribution in [3.05, 3.63) is 65.3 Å². The zero-order valence-corrected chi connectivity index (χ0v) is 18.2. The van der Waals surface area contributed by atoms with Gasteiger partial charge in [-0.3, -0.25) is 4.99 Å². The second-order valence-corrected chi connectivity index (χ2v) is 7.46. The van der Waals surface area contributed by atoms with Gasteiger partial charge in [0.2, 0.25) is 11.7 Å². The summed E-state index contributed by atoms with van der Waals surface area (Å²) >= 11 is 6.03. The van der Waals surface area contributed by atoms with E-state index in [4.69, 9.17) is 16.1 Å². The van der Waals surface area contributed by atoms with Gasteiger partial charge >= 0.3 is 0 Å². The van der Waals surface area contributed by atoms with Crippen molar-refractivity contribution in [1.82, 2.24) is 30.3 Å². The Morgan fingerprint density at radius 3 is 2.84 bits per heavy atom. The highest BCUT2D eigenvalue weighted by molar-refractivity contribution is 6.30. The smallest absolute Gasteiger partial charge is 0.246 e. The second kappa shape index (κ2) is 9.61. The fourth-order valence-corrected chi connectivity index (χ4v) is 3.56. The van der Waals surface area contributed by atoms with E-state index >= 15 is 0 Å². The van der Waals surface area contributed by atoms with Gasteiger partial charge in [-0.05, 0) is 37.6 Å². The lowest BCUT2D eigenvalue weighted by Crippen LogP contribution is -2.37. The van der Waals surface area contributed by atoms with Crippen LogP contribution in [0, 0.1) is 6.92 Å². The van der Waals surface area contributed by atoms with Crippen molar-refractivity contribution in [2.45, 2.75) is 26.4 Å². The van der Waals surface area contributed by atoms with E-state index in [1.165, 1.54) is 0 Å². The van der Waals surface area contributed by atoms with Crippen molar-refractivity contribution in [1.29, 1.82) is 0 Å². The Labute approximate surface area is 185 Å². The number of hydrogen-bond acceptors (Lipinski definition) is 5. The minimum Gasteiger partial charge on any atom is -0.356 e. The fraction of sp³-hybridized carbons (Fsp3) is 0.273. The Bertz CT molecular complexity index is 1200. The Morgan fingerprint density at radius 1 is 1.13 bits per heavy atom. The number of guanidine groups is 1. The first-order valence-corrected chi connectivity index (χ1v) is 10.5. The average Bonchev–Trinajstić information content (AvgIpc) is 3.37. The van der Waals surface area contributed by atoms with E-state index in [1.54, 1.807) is 19.2 Å². The quantitative estimate of drug-likeness (QED) is 0.259. The minimum atomic E-state index is 0.374. The third kappa shape index (κ3) is 5.03. The van der Waals surface area contributed by atoms with Crippen LogP contribution in [-0.4, -0.2) is 39.2 Å². The van der Waals surface area contributed by atoms with Crippen LogP contribution in [0.2, 0.25) is 5.02 Å². The van der Waals surface area contributed by atoms with Gasteiger partial charge in [-0.1, -0.05) is 41.0 Å². The SMILES string of the molecule is CN=C(NCCCn1c(C)nc2ccccc21)NCc1nc(-c2cccc(Cl)c2)no1. The summed E-state index contributed by atoms with van der Waals surface area (Å²) in [6.07, 6.45) is 0.932. The van der Waals surface area contributed by atoms with Crippen molar-refractivity contribution in [2.24, 2.45) is 4.99 Å². The highest BCUT2D eigenvalue weighted by atomic mass is 35.5. The number of para-hydroxylation sites is 2. The van der Waals surface area contributed by atoms with Gasteiger partial charge in [0.1, 0.15) is 5.82 Å². The number of fused-ring (bicyclic) bond motifs is 1. The number of nitrogens with zero attached hydrogens (tertiary/aromatic N) is 5. The maximum atomic E-state index is 6.03. The summed E-state index contributed by atoms with van der Waals surface area (Å²) in [6.45, 7) is 4.06. The number of aliphatic imine (C=N–C) groups is 1. The van der Waals surface area contributed by atoms with Crippen LogP contribution in [0.5, 0.6) is 0 Å². The van der Waals surface area contributed by atoms with E-state index in [0.29, 0.717) is 29.2 Å². The Morgan fingerprint density at radius 2 is 2.00 bits per heavy atom. The van der Waals surface area contributed by atoms with Gasteiger partial charge in [-0.25, -0.2) is 4.98 Å². The van der Waals surface area contributed by atoms with Gasteiger partial charge < -0.3 is 19.7 Å². The van der Waals surface area contributed by atoms with Crippen LogP contribution in [0.4, 0.5) is 0 Å². The highest BCUT2D eigenvalue weighted by Gasteiger charge is 2.10. The van der Waals surface area contributed by atoms with Crippen LogP contribution in [0.1, 0.15) is 18.1 Å². The molecule has 0 aliphatic rings. The summed E-state index contributed by atoms with van der Waals surface area (Å²) in [5.41, 5.74) is 3.00. The van der Waals surface area contributed by atoms with Crippen LogP contribution in [0.3, 0.4) is 0 Å². The zero-order valence-electron chi connectivity index (χ0n) is 17.5. The molecule has 31 heavy (non-hydrogen) atoms. The number of imidazole rings is 1. The first-order chi connectivity index (χ1) is 15.1. The molecule has 0 spiro atoms. The molecule has 0 atom stereocenters. The molecule has 0 aliphatic heterocycles. The van der Waals surface area contributed by atoms with Crippen LogP contribution < -0.4 is 10.6 Å². The Kier molecular flexibility index (Phi) is 6.47. The number of hydrogen-bond donors (Lipinski definition) is 2. The normalized spacial score (nSPS) is 11.8. The predicted molar refractivity (Wildman–Crippen MR) is 122 cm³/mol. The fourth-order valence-electron chi connectivity index (χ4n) is 3.37. The van der Waals surface area contributed by atoms with E-state index in [0.717, 1.165) is 41.9 Å². The van der Waals surface area contributed by atoms with Gasteiger partial charge in [0, 0.05) is 30.7 Å². The molecule has 0 unspecified atom stereocenters. The molecule has 160 valence electrons. The van der Waals surface area contributed by atoms with E-state index < -0.39 is 0 Å². The van der Waals surface area contributed by atoms with Gasteiger partial charge in [0.15, 0.2) is 5.96 Å². The monoisotopic (exact) mass is 437 g/mol. The molecule has 4 aromatic rings. The van der Waals surface area contributed by atoms with Crippen LogP contribution in [-0.2, 0) is 13.1 Å². The first kappa shape index (κ1) is 20.9. The molecule has 0 fully saturated rings. The number of nitrogens with one attached hydrogen (secondary N) is 2. The standard InChI is InChI=1S/C22H24ClN7O/c1-15-27-18-9-3-4-10-19(18)30(15)12-6-11-25-22(24-2)26-14-20-28-21(29-31-20)16-7-5-8-17(23)13-16/h3-5,7-10,13H,6,11-12,14H2,1-2H3,(H2,24,25,26).